The van der Waals surface area contributed by atoms with Gasteiger partial charge in [0.1, 0.15) is 11.7 Å². The number of ether oxygens (including phenoxy) is 1. The quantitative estimate of drug-likeness (QED) is 0.800. The molecule has 0 aliphatic carbocycles. The molecule has 0 radical (unpaired) electrons. The molecule has 1 heterocycles. The van der Waals surface area contributed by atoms with Gasteiger partial charge < -0.3 is 9.84 Å². The van der Waals surface area contributed by atoms with Crippen molar-refractivity contribution in [3.63, 3.8) is 0 Å². The van der Waals surface area contributed by atoms with E-state index in [1.54, 1.807) is 12.1 Å². The van der Waals surface area contributed by atoms with Gasteiger partial charge in [0.2, 0.25) is 0 Å². The number of hydrogen-bond acceptors (Lipinski definition) is 4. The third-order valence-corrected chi connectivity index (χ3v) is 3.93. The fraction of sp³-hybridized carbons (Fsp3) is 0.455. The minimum atomic E-state index is -3.18. The van der Waals surface area contributed by atoms with Gasteiger partial charge in [0.05, 0.1) is 11.5 Å². The third kappa shape index (κ3) is 2.11. The van der Waals surface area contributed by atoms with Gasteiger partial charge in [-0.15, -0.1) is 0 Å². The van der Waals surface area contributed by atoms with Gasteiger partial charge in [0.15, 0.2) is 9.84 Å². The number of epoxide rings is 1. The molecule has 0 spiro atoms. The zero-order chi connectivity index (χ0) is 12.0. The van der Waals surface area contributed by atoms with Gasteiger partial charge in [-0.1, -0.05) is 12.1 Å². The van der Waals surface area contributed by atoms with Crippen LogP contribution in [0.15, 0.2) is 29.2 Å². The van der Waals surface area contributed by atoms with Crippen molar-refractivity contribution in [2.75, 3.05) is 12.9 Å². The maximum absolute atomic E-state index is 11.2. The van der Waals surface area contributed by atoms with E-state index in [2.05, 4.69) is 0 Å². The standard InChI is InChI=1S/C11H14O4S/c1-11(7-15-11)10(12)8-3-5-9(6-4-8)16(2,13)14/h3-6,10,12H,7H2,1-2H3. The molecular weight excluding hydrogens is 228 g/mol. The Morgan fingerprint density at radius 2 is 1.88 bits per heavy atom. The molecule has 2 unspecified atom stereocenters. The predicted octanol–water partition coefficient (Wildman–Crippen LogP) is 0.912. The van der Waals surface area contributed by atoms with Crippen molar-refractivity contribution in [1.29, 1.82) is 0 Å². The van der Waals surface area contributed by atoms with Crippen LogP contribution in [0.1, 0.15) is 18.6 Å². The lowest BCUT2D eigenvalue weighted by Gasteiger charge is -2.15. The second kappa shape index (κ2) is 3.55. The summed E-state index contributed by atoms with van der Waals surface area (Å²) in [5.74, 6) is 0. The Morgan fingerprint density at radius 3 is 2.25 bits per heavy atom. The molecule has 1 aromatic rings. The number of rotatable bonds is 3. The number of aliphatic hydroxyl groups is 1. The maximum atomic E-state index is 11.2. The molecule has 4 nitrogen and oxygen atoms in total. The Labute approximate surface area is 94.8 Å². The Balaban J connectivity index is 2.26. The van der Waals surface area contributed by atoms with E-state index in [4.69, 9.17) is 4.74 Å². The number of aliphatic hydroxyl groups excluding tert-OH is 1. The second-order valence-corrected chi connectivity index (χ2v) is 6.36. The van der Waals surface area contributed by atoms with Crippen molar-refractivity contribution >= 4 is 9.84 Å². The van der Waals surface area contributed by atoms with Crippen molar-refractivity contribution in [3.8, 4) is 0 Å². The lowest BCUT2D eigenvalue weighted by atomic mass is 9.98. The van der Waals surface area contributed by atoms with E-state index in [0.717, 1.165) is 6.26 Å². The van der Waals surface area contributed by atoms with Crippen LogP contribution < -0.4 is 0 Å². The lowest BCUT2D eigenvalue weighted by Crippen LogP contribution is -2.17. The van der Waals surface area contributed by atoms with E-state index in [1.165, 1.54) is 12.1 Å². The molecule has 0 bridgehead atoms. The van der Waals surface area contributed by atoms with Gasteiger partial charge >= 0.3 is 0 Å². The Morgan fingerprint density at radius 1 is 1.38 bits per heavy atom. The summed E-state index contributed by atoms with van der Waals surface area (Å²) in [4.78, 5) is 0.255. The number of hydrogen-bond donors (Lipinski definition) is 1. The Bertz CT molecular complexity index is 485. The van der Waals surface area contributed by atoms with Crippen LogP contribution in [0, 0.1) is 0 Å². The molecule has 1 aliphatic heterocycles. The highest BCUT2D eigenvalue weighted by atomic mass is 32.2. The SMILES string of the molecule is CC1(C(O)c2ccc(S(C)(=O)=O)cc2)CO1. The van der Waals surface area contributed by atoms with Gasteiger partial charge in [-0.2, -0.15) is 0 Å². The molecule has 1 aliphatic rings. The Hall–Kier alpha value is -0.910. The van der Waals surface area contributed by atoms with Crippen LogP contribution in [0.3, 0.4) is 0 Å². The summed E-state index contributed by atoms with van der Waals surface area (Å²) < 4.78 is 27.6. The summed E-state index contributed by atoms with van der Waals surface area (Å²) in [5, 5.41) is 9.94. The van der Waals surface area contributed by atoms with E-state index >= 15 is 0 Å². The molecule has 5 heteroatoms. The second-order valence-electron chi connectivity index (χ2n) is 4.35. The highest BCUT2D eigenvalue weighted by Gasteiger charge is 2.47. The molecular formula is C11H14O4S. The van der Waals surface area contributed by atoms with Gasteiger partial charge in [0, 0.05) is 6.26 Å². The zero-order valence-corrected chi connectivity index (χ0v) is 9.99. The van der Waals surface area contributed by atoms with E-state index < -0.39 is 21.5 Å². The van der Waals surface area contributed by atoms with Gasteiger partial charge in [-0.3, -0.25) is 0 Å². The first-order valence-electron chi connectivity index (χ1n) is 4.95. The average Bonchev–Trinajstić information content (AvgIpc) is 2.96. The number of benzene rings is 1. The topological polar surface area (TPSA) is 66.9 Å². The first kappa shape index (κ1) is 11.6. The molecule has 1 aromatic carbocycles. The molecule has 2 rings (SSSR count). The predicted molar refractivity (Wildman–Crippen MR) is 58.9 cm³/mol. The monoisotopic (exact) mass is 242 g/mol. The molecule has 1 fully saturated rings. The molecule has 0 amide bonds. The summed E-state index contributed by atoms with van der Waals surface area (Å²) in [6.07, 6.45) is 0.449. The molecule has 0 aromatic heterocycles. The Kier molecular flexibility index (Phi) is 2.57. The lowest BCUT2D eigenvalue weighted by molar-refractivity contribution is 0.0849. The van der Waals surface area contributed by atoms with Gasteiger partial charge in [-0.05, 0) is 24.6 Å². The molecule has 1 saturated heterocycles. The van der Waals surface area contributed by atoms with Crippen LogP contribution in [0.5, 0.6) is 0 Å². The normalized spacial score (nSPS) is 26.4. The number of sulfone groups is 1. The van der Waals surface area contributed by atoms with Crippen molar-refractivity contribution in [3.05, 3.63) is 29.8 Å². The largest absolute Gasteiger partial charge is 0.385 e. The first-order valence-corrected chi connectivity index (χ1v) is 6.84. The van der Waals surface area contributed by atoms with Crippen molar-refractivity contribution in [2.45, 2.75) is 23.5 Å². The van der Waals surface area contributed by atoms with Crippen LogP contribution in [-0.2, 0) is 14.6 Å². The van der Waals surface area contributed by atoms with E-state index in [-0.39, 0.29) is 4.90 Å². The molecule has 0 saturated carbocycles. The van der Waals surface area contributed by atoms with Gasteiger partial charge in [-0.25, -0.2) is 8.42 Å². The molecule has 88 valence electrons. The van der Waals surface area contributed by atoms with E-state index in [9.17, 15) is 13.5 Å². The van der Waals surface area contributed by atoms with Crippen LogP contribution in [0.25, 0.3) is 0 Å². The highest BCUT2D eigenvalue weighted by molar-refractivity contribution is 7.90. The average molecular weight is 242 g/mol. The smallest absolute Gasteiger partial charge is 0.175 e. The zero-order valence-electron chi connectivity index (χ0n) is 9.17. The van der Waals surface area contributed by atoms with E-state index in [0.29, 0.717) is 12.2 Å². The van der Waals surface area contributed by atoms with Crippen LogP contribution in [0.2, 0.25) is 0 Å². The van der Waals surface area contributed by atoms with Crippen molar-refractivity contribution < 1.29 is 18.3 Å². The highest BCUT2D eigenvalue weighted by Crippen LogP contribution is 2.39. The maximum Gasteiger partial charge on any atom is 0.175 e. The summed E-state index contributed by atoms with van der Waals surface area (Å²) >= 11 is 0. The minimum Gasteiger partial charge on any atom is -0.385 e. The minimum absolute atomic E-state index is 0.255. The summed E-state index contributed by atoms with van der Waals surface area (Å²) in [6.45, 7) is 2.35. The van der Waals surface area contributed by atoms with Crippen LogP contribution >= 0.6 is 0 Å². The third-order valence-electron chi connectivity index (χ3n) is 2.80. The fourth-order valence-corrected chi connectivity index (χ4v) is 2.15. The van der Waals surface area contributed by atoms with E-state index in [1.807, 2.05) is 6.92 Å². The molecule has 2 atom stereocenters. The van der Waals surface area contributed by atoms with Crippen LogP contribution in [-0.4, -0.2) is 32.0 Å². The van der Waals surface area contributed by atoms with Crippen LogP contribution in [0.4, 0.5) is 0 Å². The fourth-order valence-electron chi connectivity index (χ4n) is 1.52. The summed E-state index contributed by atoms with van der Waals surface area (Å²) in [6, 6.07) is 6.24. The molecule has 16 heavy (non-hydrogen) atoms. The summed E-state index contributed by atoms with van der Waals surface area (Å²) in [7, 11) is -3.18. The van der Waals surface area contributed by atoms with Crippen molar-refractivity contribution in [1.82, 2.24) is 0 Å². The first-order chi connectivity index (χ1) is 7.33. The molecule has 1 N–H and O–H groups in total. The summed E-state index contributed by atoms with van der Waals surface area (Å²) in [5.41, 5.74) is 0.166. The van der Waals surface area contributed by atoms with Crippen molar-refractivity contribution in [2.24, 2.45) is 0 Å². The van der Waals surface area contributed by atoms with Gasteiger partial charge in [0.25, 0.3) is 0 Å².